The standard InChI is InChI=1S/C8H9OS/c1-9-10-7-8-5-3-2-4-6-8/h2-7H,1H3. The van der Waals surface area contributed by atoms with Crippen molar-refractivity contribution >= 4 is 12.0 Å². The first-order chi connectivity index (χ1) is 4.93. The molecule has 0 saturated carbocycles. The summed E-state index contributed by atoms with van der Waals surface area (Å²) < 4.78 is 4.81. The van der Waals surface area contributed by atoms with E-state index in [1.165, 1.54) is 17.6 Å². The van der Waals surface area contributed by atoms with Crippen LogP contribution in [0, 0.1) is 5.75 Å². The van der Waals surface area contributed by atoms with Gasteiger partial charge in [-0.3, -0.25) is 0 Å². The van der Waals surface area contributed by atoms with Crippen molar-refractivity contribution in [2.75, 3.05) is 7.11 Å². The summed E-state index contributed by atoms with van der Waals surface area (Å²) in [5.41, 5.74) is 1.18. The quantitative estimate of drug-likeness (QED) is 0.617. The molecular formula is C8H9OS. The molecule has 53 valence electrons. The van der Waals surface area contributed by atoms with Gasteiger partial charge in [0.25, 0.3) is 0 Å². The van der Waals surface area contributed by atoms with Crippen molar-refractivity contribution in [3.05, 3.63) is 41.6 Å². The van der Waals surface area contributed by atoms with E-state index in [0.717, 1.165) is 0 Å². The molecule has 0 bridgehead atoms. The molecule has 0 fully saturated rings. The number of hydrogen-bond donors (Lipinski definition) is 0. The second kappa shape index (κ2) is 4.36. The summed E-state index contributed by atoms with van der Waals surface area (Å²) in [5.74, 6) is 1.96. The molecule has 1 aromatic rings. The Bertz CT molecular complexity index is 174. The average Bonchev–Trinajstić information content (AvgIpc) is 2.03. The van der Waals surface area contributed by atoms with Crippen molar-refractivity contribution in [3.8, 4) is 0 Å². The summed E-state index contributed by atoms with van der Waals surface area (Å²) in [4.78, 5) is 0. The molecule has 10 heavy (non-hydrogen) atoms. The van der Waals surface area contributed by atoms with Crippen LogP contribution in [0.15, 0.2) is 30.3 Å². The zero-order chi connectivity index (χ0) is 7.23. The fraction of sp³-hybridized carbons (Fsp3) is 0.125. The SMILES string of the molecule is COS[CH]c1ccccc1. The molecule has 0 aliphatic carbocycles. The first-order valence-corrected chi connectivity index (χ1v) is 3.81. The highest BCUT2D eigenvalue weighted by Gasteiger charge is 1.89. The van der Waals surface area contributed by atoms with E-state index in [1.54, 1.807) is 7.11 Å². The lowest BCUT2D eigenvalue weighted by Crippen LogP contribution is -1.74. The predicted octanol–water partition coefficient (Wildman–Crippen LogP) is 2.49. The smallest absolute Gasteiger partial charge is 0.0742 e. The van der Waals surface area contributed by atoms with E-state index in [2.05, 4.69) is 0 Å². The van der Waals surface area contributed by atoms with Gasteiger partial charge in [-0.1, -0.05) is 30.3 Å². The van der Waals surface area contributed by atoms with Gasteiger partial charge in [-0.2, -0.15) is 0 Å². The Hall–Kier alpha value is -0.470. The molecule has 0 atom stereocenters. The van der Waals surface area contributed by atoms with Gasteiger partial charge < -0.3 is 4.18 Å². The van der Waals surface area contributed by atoms with Crippen LogP contribution in [0.25, 0.3) is 0 Å². The second-order valence-corrected chi connectivity index (χ2v) is 2.55. The van der Waals surface area contributed by atoms with E-state index in [4.69, 9.17) is 4.18 Å². The molecule has 2 heteroatoms. The Kier molecular flexibility index (Phi) is 3.33. The summed E-state index contributed by atoms with van der Waals surface area (Å²) in [6.07, 6.45) is 0. The van der Waals surface area contributed by atoms with Crippen molar-refractivity contribution in [3.63, 3.8) is 0 Å². The van der Waals surface area contributed by atoms with Crippen molar-refractivity contribution in [1.82, 2.24) is 0 Å². The highest BCUT2D eigenvalue weighted by Crippen LogP contribution is 2.13. The van der Waals surface area contributed by atoms with E-state index >= 15 is 0 Å². The number of rotatable bonds is 3. The van der Waals surface area contributed by atoms with Gasteiger partial charge in [-0.05, 0) is 5.56 Å². The van der Waals surface area contributed by atoms with Gasteiger partial charge in [0.1, 0.15) is 0 Å². The molecule has 0 heterocycles. The molecule has 0 saturated heterocycles. The minimum Gasteiger partial charge on any atom is -0.318 e. The fourth-order valence-electron chi connectivity index (χ4n) is 0.635. The Labute approximate surface area is 65.6 Å². The Morgan fingerprint density at radius 2 is 2.00 bits per heavy atom. The zero-order valence-electron chi connectivity index (χ0n) is 5.78. The van der Waals surface area contributed by atoms with Crippen LogP contribution in [0.4, 0.5) is 0 Å². The monoisotopic (exact) mass is 153 g/mol. The van der Waals surface area contributed by atoms with Crippen molar-refractivity contribution in [1.29, 1.82) is 0 Å². The van der Waals surface area contributed by atoms with Gasteiger partial charge in [0.05, 0.1) is 12.9 Å². The topological polar surface area (TPSA) is 9.23 Å². The second-order valence-electron chi connectivity index (χ2n) is 1.79. The lowest BCUT2D eigenvalue weighted by atomic mass is 10.2. The molecule has 0 aliphatic heterocycles. The van der Waals surface area contributed by atoms with Gasteiger partial charge >= 0.3 is 0 Å². The highest BCUT2D eigenvalue weighted by molar-refractivity contribution is 7.96. The van der Waals surface area contributed by atoms with Crippen LogP contribution in [0.3, 0.4) is 0 Å². The van der Waals surface area contributed by atoms with Gasteiger partial charge in [-0.15, -0.1) is 0 Å². The van der Waals surface area contributed by atoms with Crippen molar-refractivity contribution in [2.45, 2.75) is 0 Å². The maximum atomic E-state index is 4.81. The third-order valence-corrected chi connectivity index (χ3v) is 1.64. The molecule has 1 rings (SSSR count). The predicted molar refractivity (Wildman–Crippen MR) is 44.4 cm³/mol. The molecule has 0 aliphatic rings. The van der Waals surface area contributed by atoms with Crippen LogP contribution >= 0.6 is 12.0 Å². The lowest BCUT2D eigenvalue weighted by molar-refractivity contribution is 0.493. The number of hydrogen-bond acceptors (Lipinski definition) is 2. The largest absolute Gasteiger partial charge is 0.318 e. The van der Waals surface area contributed by atoms with Crippen LogP contribution in [0.1, 0.15) is 5.56 Å². The fourth-order valence-corrected chi connectivity index (χ4v) is 1.000. The van der Waals surface area contributed by atoms with Crippen LogP contribution in [0.5, 0.6) is 0 Å². The molecule has 0 N–H and O–H groups in total. The number of benzene rings is 1. The molecular weight excluding hydrogens is 144 g/mol. The van der Waals surface area contributed by atoms with Crippen LogP contribution in [0.2, 0.25) is 0 Å². The minimum atomic E-state index is 1.18. The normalized spacial score (nSPS) is 9.70. The van der Waals surface area contributed by atoms with Crippen LogP contribution < -0.4 is 0 Å². The third kappa shape index (κ3) is 2.42. The first kappa shape index (κ1) is 7.63. The third-order valence-electron chi connectivity index (χ3n) is 1.08. The minimum absolute atomic E-state index is 1.18. The lowest BCUT2D eigenvalue weighted by Gasteiger charge is -1.95. The molecule has 0 aromatic heterocycles. The summed E-state index contributed by atoms with van der Waals surface area (Å²) >= 11 is 1.34. The van der Waals surface area contributed by atoms with E-state index in [-0.39, 0.29) is 0 Å². The van der Waals surface area contributed by atoms with Gasteiger partial charge in [-0.25, -0.2) is 0 Å². The highest BCUT2D eigenvalue weighted by atomic mass is 32.2. The molecule has 0 amide bonds. The molecule has 1 radical (unpaired) electrons. The molecule has 1 nitrogen and oxygen atoms in total. The van der Waals surface area contributed by atoms with E-state index in [1.807, 2.05) is 36.1 Å². The molecule has 0 unspecified atom stereocenters. The van der Waals surface area contributed by atoms with Crippen molar-refractivity contribution < 1.29 is 4.18 Å². The van der Waals surface area contributed by atoms with Crippen LogP contribution in [-0.4, -0.2) is 7.11 Å². The summed E-state index contributed by atoms with van der Waals surface area (Å²) in [5, 5.41) is 0. The van der Waals surface area contributed by atoms with Gasteiger partial charge in [0, 0.05) is 12.0 Å². The van der Waals surface area contributed by atoms with E-state index < -0.39 is 0 Å². The van der Waals surface area contributed by atoms with E-state index in [9.17, 15) is 0 Å². The first-order valence-electron chi connectivity index (χ1n) is 3.01. The Morgan fingerprint density at radius 3 is 2.60 bits per heavy atom. The van der Waals surface area contributed by atoms with E-state index in [0.29, 0.717) is 0 Å². The molecule has 0 spiro atoms. The van der Waals surface area contributed by atoms with Gasteiger partial charge in [0.15, 0.2) is 0 Å². The zero-order valence-corrected chi connectivity index (χ0v) is 6.60. The van der Waals surface area contributed by atoms with Crippen LogP contribution in [-0.2, 0) is 4.18 Å². The maximum absolute atomic E-state index is 4.81. The average molecular weight is 153 g/mol. The Morgan fingerprint density at radius 1 is 1.30 bits per heavy atom. The summed E-state index contributed by atoms with van der Waals surface area (Å²) in [7, 11) is 1.66. The van der Waals surface area contributed by atoms with Gasteiger partial charge in [0.2, 0.25) is 0 Å². The maximum Gasteiger partial charge on any atom is 0.0742 e. The van der Waals surface area contributed by atoms with Crippen molar-refractivity contribution in [2.24, 2.45) is 0 Å². The Balaban J connectivity index is 2.43. The summed E-state index contributed by atoms with van der Waals surface area (Å²) in [6, 6.07) is 10.1. The molecule has 1 aromatic carbocycles. The summed E-state index contributed by atoms with van der Waals surface area (Å²) in [6.45, 7) is 0.